The minimum atomic E-state index is -0.499. The Kier molecular flexibility index (Phi) is 6.40. The first-order valence-electron chi connectivity index (χ1n) is 11.7. The average molecular weight is 501 g/mol. The zero-order valence-electron chi connectivity index (χ0n) is 21.0. The van der Waals surface area contributed by atoms with E-state index >= 15 is 0 Å². The molecule has 0 N–H and O–H groups in total. The van der Waals surface area contributed by atoms with Gasteiger partial charge in [0.25, 0.3) is 0 Å². The Hall–Kier alpha value is -3.85. The number of methoxy groups -OCH3 is 1. The molecule has 1 aromatic carbocycles. The Morgan fingerprint density at radius 2 is 1.92 bits per heavy atom. The van der Waals surface area contributed by atoms with E-state index in [1.54, 1.807) is 17.5 Å². The van der Waals surface area contributed by atoms with Crippen molar-refractivity contribution in [2.45, 2.75) is 39.8 Å². The number of anilines is 1. The molecule has 1 aliphatic rings. The number of aliphatic imine (C=N–C) groups is 1. The number of hydrogen-bond donors (Lipinski definition) is 0. The van der Waals surface area contributed by atoms with Gasteiger partial charge in [-0.15, -0.1) is 21.5 Å². The van der Waals surface area contributed by atoms with Gasteiger partial charge >= 0.3 is 5.97 Å². The minimum Gasteiger partial charge on any atom is -0.469 e. The van der Waals surface area contributed by atoms with Crippen molar-refractivity contribution < 1.29 is 9.53 Å². The second kappa shape index (κ2) is 9.66. The van der Waals surface area contributed by atoms with E-state index in [4.69, 9.17) is 9.73 Å². The number of aromatic nitrogens is 4. The molecule has 0 saturated carbocycles. The van der Waals surface area contributed by atoms with Crippen LogP contribution in [-0.4, -0.2) is 45.6 Å². The SMILES string of the molecule is COC(=O)C[C@@H]1N=C(c2ccc(N(C)Cc3cccnc3)cc2)c2c(sc(C)c2C)-n2c(C)nnc21. The van der Waals surface area contributed by atoms with Crippen LogP contribution in [0.5, 0.6) is 0 Å². The van der Waals surface area contributed by atoms with Gasteiger partial charge in [0, 0.05) is 47.7 Å². The zero-order chi connectivity index (χ0) is 25.4. The van der Waals surface area contributed by atoms with Crippen LogP contribution < -0.4 is 4.90 Å². The van der Waals surface area contributed by atoms with Crippen molar-refractivity contribution in [3.05, 3.63) is 87.6 Å². The minimum absolute atomic E-state index is 0.0943. The molecular formula is C27H28N6O2S. The van der Waals surface area contributed by atoms with Crippen LogP contribution in [0.25, 0.3) is 5.00 Å². The highest BCUT2D eigenvalue weighted by atomic mass is 32.1. The van der Waals surface area contributed by atoms with Crippen LogP contribution in [0, 0.1) is 20.8 Å². The second-order valence-corrected chi connectivity index (χ2v) is 10.1. The van der Waals surface area contributed by atoms with Crippen LogP contribution in [0.15, 0.2) is 53.8 Å². The molecule has 9 heteroatoms. The van der Waals surface area contributed by atoms with Crippen LogP contribution in [0.1, 0.15) is 51.2 Å². The molecule has 0 amide bonds. The normalized spacial score (nSPS) is 14.5. The molecule has 3 aromatic heterocycles. The number of aryl methyl sites for hydroxylation is 2. The van der Waals surface area contributed by atoms with E-state index in [1.807, 2.05) is 23.8 Å². The van der Waals surface area contributed by atoms with Gasteiger partial charge in [-0.1, -0.05) is 18.2 Å². The van der Waals surface area contributed by atoms with Gasteiger partial charge in [0.05, 0.1) is 19.2 Å². The third kappa shape index (κ3) is 4.30. The van der Waals surface area contributed by atoms with Gasteiger partial charge in [0.15, 0.2) is 5.82 Å². The number of carbonyl (C=O) groups excluding carboxylic acids is 1. The first-order valence-corrected chi connectivity index (χ1v) is 12.6. The van der Waals surface area contributed by atoms with E-state index in [2.05, 4.69) is 71.3 Å². The molecule has 0 bridgehead atoms. The monoisotopic (exact) mass is 500 g/mol. The van der Waals surface area contributed by atoms with Crippen LogP contribution in [0.3, 0.4) is 0 Å². The standard InChI is InChI=1S/C27H28N6O2S/c1-16-17(2)36-27-24(16)25(29-22(13-23(34)35-5)26-31-30-18(3)33(26)27)20-8-10-21(11-9-20)32(4)15-19-7-6-12-28-14-19/h6-12,14,22H,13,15H2,1-5H3/t22-/m0/s1. The molecule has 8 nitrogen and oxygen atoms in total. The van der Waals surface area contributed by atoms with Crippen molar-refractivity contribution in [2.75, 3.05) is 19.1 Å². The lowest BCUT2D eigenvalue weighted by Crippen LogP contribution is -2.16. The summed E-state index contributed by atoms with van der Waals surface area (Å²) in [4.78, 5) is 25.0. The fraction of sp³-hybridized carbons (Fsp3) is 0.296. The Bertz CT molecular complexity index is 1440. The summed E-state index contributed by atoms with van der Waals surface area (Å²) < 4.78 is 7.02. The largest absolute Gasteiger partial charge is 0.469 e. The number of ether oxygens (including phenoxy) is 1. The van der Waals surface area contributed by atoms with Crippen molar-refractivity contribution in [1.29, 1.82) is 0 Å². The smallest absolute Gasteiger partial charge is 0.308 e. The number of hydrogen-bond acceptors (Lipinski definition) is 8. The molecular weight excluding hydrogens is 472 g/mol. The summed E-state index contributed by atoms with van der Waals surface area (Å²) in [6.07, 6.45) is 3.76. The van der Waals surface area contributed by atoms with Gasteiger partial charge in [0.1, 0.15) is 16.9 Å². The molecule has 0 radical (unpaired) electrons. The van der Waals surface area contributed by atoms with E-state index in [9.17, 15) is 4.79 Å². The van der Waals surface area contributed by atoms with E-state index < -0.39 is 6.04 Å². The van der Waals surface area contributed by atoms with Crippen molar-refractivity contribution >= 4 is 28.7 Å². The lowest BCUT2D eigenvalue weighted by atomic mass is 9.99. The molecule has 0 fully saturated rings. The summed E-state index contributed by atoms with van der Waals surface area (Å²) in [5.41, 5.74) is 6.31. The number of rotatable bonds is 6. The van der Waals surface area contributed by atoms with Gasteiger partial charge in [-0.3, -0.25) is 19.3 Å². The van der Waals surface area contributed by atoms with Gasteiger partial charge in [0.2, 0.25) is 0 Å². The van der Waals surface area contributed by atoms with Crippen LogP contribution >= 0.6 is 11.3 Å². The maximum atomic E-state index is 12.3. The Morgan fingerprint density at radius 1 is 1.14 bits per heavy atom. The third-order valence-electron chi connectivity index (χ3n) is 6.55. The second-order valence-electron chi connectivity index (χ2n) is 8.94. The average Bonchev–Trinajstić information content (AvgIpc) is 3.36. The summed E-state index contributed by atoms with van der Waals surface area (Å²) in [5.74, 6) is 1.09. The van der Waals surface area contributed by atoms with E-state index in [0.717, 1.165) is 45.5 Å². The van der Waals surface area contributed by atoms with Gasteiger partial charge in [-0.05, 0) is 50.1 Å². The molecule has 184 valence electrons. The zero-order valence-corrected chi connectivity index (χ0v) is 21.8. The number of thiophene rings is 1. The first kappa shape index (κ1) is 23.9. The molecule has 1 atom stereocenters. The highest BCUT2D eigenvalue weighted by Crippen LogP contribution is 2.39. The summed E-state index contributed by atoms with van der Waals surface area (Å²) >= 11 is 1.70. The molecule has 5 rings (SSSR count). The van der Waals surface area contributed by atoms with Gasteiger partial charge in [-0.25, -0.2) is 0 Å². The Morgan fingerprint density at radius 3 is 2.61 bits per heavy atom. The Labute approximate surface area is 214 Å². The van der Waals surface area contributed by atoms with Crippen LogP contribution in [0.2, 0.25) is 0 Å². The number of benzene rings is 1. The summed E-state index contributed by atoms with van der Waals surface area (Å²) in [7, 11) is 3.46. The lowest BCUT2D eigenvalue weighted by Gasteiger charge is -2.20. The van der Waals surface area contributed by atoms with Crippen molar-refractivity contribution in [2.24, 2.45) is 4.99 Å². The number of pyridine rings is 1. The number of nitrogens with zero attached hydrogens (tertiary/aromatic N) is 6. The highest BCUT2D eigenvalue weighted by Gasteiger charge is 2.32. The number of esters is 1. The predicted octanol–water partition coefficient (Wildman–Crippen LogP) is 4.74. The maximum absolute atomic E-state index is 12.3. The van der Waals surface area contributed by atoms with Crippen LogP contribution in [-0.2, 0) is 16.1 Å². The summed E-state index contributed by atoms with van der Waals surface area (Å²) in [6, 6.07) is 11.9. The van der Waals surface area contributed by atoms with E-state index in [0.29, 0.717) is 5.82 Å². The third-order valence-corrected chi connectivity index (χ3v) is 7.74. The van der Waals surface area contributed by atoms with Gasteiger partial charge in [-0.2, -0.15) is 0 Å². The van der Waals surface area contributed by atoms with Crippen molar-refractivity contribution in [1.82, 2.24) is 19.7 Å². The molecule has 0 unspecified atom stereocenters. The first-order chi connectivity index (χ1) is 17.4. The molecule has 1 aliphatic heterocycles. The molecule has 0 saturated heterocycles. The lowest BCUT2D eigenvalue weighted by molar-refractivity contribution is -0.141. The van der Waals surface area contributed by atoms with E-state index in [-0.39, 0.29) is 12.4 Å². The quantitative estimate of drug-likeness (QED) is 0.356. The van der Waals surface area contributed by atoms with Crippen molar-refractivity contribution in [3.8, 4) is 5.00 Å². The van der Waals surface area contributed by atoms with Gasteiger partial charge < -0.3 is 9.64 Å². The molecule has 4 heterocycles. The van der Waals surface area contributed by atoms with Crippen molar-refractivity contribution in [3.63, 3.8) is 0 Å². The fourth-order valence-electron chi connectivity index (χ4n) is 4.50. The molecule has 4 aromatic rings. The Balaban J connectivity index is 1.57. The topological polar surface area (TPSA) is 85.5 Å². The number of fused-ring (bicyclic) bond motifs is 3. The number of carbonyl (C=O) groups is 1. The van der Waals surface area contributed by atoms with Crippen LogP contribution in [0.4, 0.5) is 5.69 Å². The van der Waals surface area contributed by atoms with E-state index in [1.165, 1.54) is 17.6 Å². The maximum Gasteiger partial charge on any atom is 0.308 e. The highest BCUT2D eigenvalue weighted by molar-refractivity contribution is 7.15. The predicted molar refractivity (Wildman–Crippen MR) is 141 cm³/mol. The summed E-state index contributed by atoms with van der Waals surface area (Å²) in [6.45, 7) is 6.93. The fourth-order valence-corrected chi connectivity index (χ4v) is 5.71. The molecule has 36 heavy (non-hydrogen) atoms. The molecule has 0 aliphatic carbocycles. The molecule has 0 spiro atoms. The summed E-state index contributed by atoms with van der Waals surface area (Å²) in [5, 5.41) is 9.77.